The van der Waals surface area contributed by atoms with Crippen molar-refractivity contribution in [3.05, 3.63) is 29.8 Å². The van der Waals surface area contributed by atoms with Crippen LogP contribution in [0.5, 0.6) is 5.75 Å². The molecule has 116 valence electrons. The summed E-state index contributed by atoms with van der Waals surface area (Å²) in [5.41, 5.74) is 1.10. The van der Waals surface area contributed by atoms with E-state index in [9.17, 15) is 9.59 Å². The minimum atomic E-state index is -1.14. The van der Waals surface area contributed by atoms with Crippen molar-refractivity contribution < 1.29 is 24.5 Å². The normalized spacial score (nSPS) is 11.7. The number of aryl methyl sites for hydroxylation is 1. The topological polar surface area (TPSA) is 95.9 Å². The Kier molecular flexibility index (Phi) is 7.25. The molecule has 3 N–H and O–H groups in total. The molecule has 1 atom stereocenters. The van der Waals surface area contributed by atoms with Crippen molar-refractivity contribution in [3.63, 3.8) is 0 Å². The molecule has 0 unspecified atom stereocenters. The van der Waals surface area contributed by atoms with Crippen molar-refractivity contribution in [1.29, 1.82) is 0 Å². The Morgan fingerprint density at radius 1 is 1.38 bits per heavy atom. The number of aliphatic hydroxyl groups is 1. The van der Waals surface area contributed by atoms with Gasteiger partial charge in [0.1, 0.15) is 11.8 Å². The lowest BCUT2D eigenvalue weighted by Gasteiger charge is -2.13. The predicted octanol–water partition coefficient (Wildman–Crippen LogP) is 1.11. The molecule has 0 heterocycles. The molecule has 0 aliphatic carbocycles. The van der Waals surface area contributed by atoms with Gasteiger partial charge in [-0.1, -0.05) is 12.1 Å². The Morgan fingerprint density at radius 3 is 2.76 bits per heavy atom. The Hall–Kier alpha value is -2.08. The Morgan fingerprint density at radius 2 is 2.14 bits per heavy atom. The number of hydrogen-bond acceptors (Lipinski definition) is 4. The van der Waals surface area contributed by atoms with Gasteiger partial charge in [-0.2, -0.15) is 0 Å². The molecule has 1 aromatic carbocycles. The van der Waals surface area contributed by atoms with Crippen LogP contribution in [0.25, 0.3) is 0 Å². The quantitative estimate of drug-likeness (QED) is 0.593. The Balaban J connectivity index is 2.25. The van der Waals surface area contributed by atoms with Gasteiger partial charge in [-0.15, -0.1) is 0 Å². The maximum Gasteiger partial charge on any atom is 0.326 e. The van der Waals surface area contributed by atoms with Crippen molar-refractivity contribution in [2.45, 2.75) is 32.2 Å². The molecule has 6 nitrogen and oxygen atoms in total. The number of rotatable bonds is 9. The lowest BCUT2D eigenvalue weighted by atomic mass is 10.2. The fourth-order valence-electron chi connectivity index (χ4n) is 1.78. The maximum atomic E-state index is 11.6. The summed E-state index contributed by atoms with van der Waals surface area (Å²) in [7, 11) is 0. The van der Waals surface area contributed by atoms with E-state index in [1.54, 1.807) is 0 Å². The highest BCUT2D eigenvalue weighted by Gasteiger charge is 2.18. The Bertz CT molecular complexity index is 475. The van der Waals surface area contributed by atoms with Gasteiger partial charge < -0.3 is 20.3 Å². The van der Waals surface area contributed by atoms with Gasteiger partial charge in [0.05, 0.1) is 6.61 Å². The monoisotopic (exact) mass is 295 g/mol. The average molecular weight is 295 g/mol. The molecule has 0 fully saturated rings. The zero-order valence-corrected chi connectivity index (χ0v) is 12.0. The summed E-state index contributed by atoms with van der Waals surface area (Å²) in [6.45, 7) is 2.07. The minimum absolute atomic E-state index is 0.000859. The smallest absolute Gasteiger partial charge is 0.326 e. The second-order valence-electron chi connectivity index (χ2n) is 4.74. The number of ether oxygens (including phenoxy) is 1. The lowest BCUT2D eigenvalue weighted by Crippen LogP contribution is -2.41. The van der Waals surface area contributed by atoms with E-state index in [1.165, 1.54) is 0 Å². The van der Waals surface area contributed by atoms with Crippen LogP contribution in [0, 0.1) is 6.92 Å². The zero-order chi connectivity index (χ0) is 15.7. The minimum Gasteiger partial charge on any atom is -0.494 e. The number of amides is 1. The summed E-state index contributed by atoms with van der Waals surface area (Å²) in [6.07, 6.45) is 0.674. The first-order valence-corrected chi connectivity index (χ1v) is 6.85. The molecule has 0 aliphatic heterocycles. The summed E-state index contributed by atoms with van der Waals surface area (Å²) >= 11 is 0. The van der Waals surface area contributed by atoms with E-state index in [0.717, 1.165) is 11.3 Å². The van der Waals surface area contributed by atoms with Gasteiger partial charge in [-0.05, 0) is 31.0 Å². The van der Waals surface area contributed by atoms with Crippen LogP contribution in [-0.4, -0.2) is 41.3 Å². The second kappa shape index (κ2) is 8.97. The van der Waals surface area contributed by atoms with E-state index in [4.69, 9.17) is 14.9 Å². The van der Waals surface area contributed by atoms with Crippen molar-refractivity contribution in [3.8, 4) is 5.75 Å². The van der Waals surface area contributed by atoms with Crippen LogP contribution in [0.4, 0.5) is 0 Å². The summed E-state index contributed by atoms with van der Waals surface area (Å²) in [6, 6.07) is 6.56. The highest BCUT2D eigenvalue weighted by molar-refractivity contribution is 5.83. The largest absolute Gasteiger partial charge is 0.494 e. The molecule has 6 heteroatoms. The standard InChI is InChI=1S/C15H21NO5/c1-11-4-2-5-12(10-11)21-9-3-6-14(18)16-13(7-8-17)15(19)20/h2,4-5,10,13,17H,3,6-9H2,1H3,(H,16,18)(H,19,20)/t13-/m0/s1. The Labute approximate surface area is 123 Å². The van der Waals surface area contributed by atoms with Crippen molar-refractivity contribution in [2.24, 2.45) is 0 Å². The van der Waals surface area contributed by atoms with Gasteiger partial charge >= 0.3 is 5.97 Å². The molecular formula is C15H21NO5. The molecule has 1 rings (SSSR count). The number of carbonyl (C=O) groups excluding carboxylic acids is 1. The molecular weight excluding hydrogens is 274 g/mol. The summed E-state index contributed by atoms with van der Waals surface area (Å²) in [5.74, 6) is -0.754. The van der Waals surface area contributed by atoms with Crippen LogP contribution in [0.3, 0.4) is 0 Å². The fourth-order valence-corrected chi connectivity index (χ4v) is 1.78. The first-order chi connectivity index (χ1) is 10.0. The molecule has 0 spiro atoms. The zero-order valence-electron chi connectivity index (χ0n) is 12.0. The highest BCUT2D eigenvalue weighted by atomic mass is 16.5. The van der Waals surface area contributed by atoms with E-state index >= 15 is 0 Å². The number of aliphatic carboxylic acids is 1. The predicted molar refractivity (Wildman–Crippen MR) is 77.2 cm³/mol. The van der Waals surface area contributed by atoms with Crippen LogP contribution >= 0.6 is 0 Å². The lowest BCUT2D eigenvalue weighted by molar-refractivity contribution is -0.142. The molecule has 21 heavy (non-hydrogen) atoms. The van der Waals surface area contributed by atoms with E-state index in [1.807, 2.05) is 31.2 Å². The van der Waals surface area contributed by atoms with E-state index < -0.39 is 12.0 Å². The summed E-state index contributed by atoms with van der Waals surface area (Å²) < 4.78 is 5.50. The van der Waals surface area contributed by atoms with E-state index in [0.29, 0.717) is 13.0 Å². The summed E-state index contributed by atoms with van der Waals surface area (Å²) in [5, 5.41) is 19.9. The molecule has 0 radical (unpaired) electrons. The first kappa shape index (κ1) is 17.0. The van der Waals surface area contributed by atoms with Crippen LogP contribution < -0.4 is 10.1 Å². The third-order valence-electron chi connectivity index (χ3n) is 2.86. The fraction of sp³-hybridized carbons (Fsp3) is 0.467. The number of benzene rings is 1. The number of carboxylic acids is 1. The van der Waals surface area contributed by atoms with Gasteiger partial charge in [0.15, 0.2) is 0 Å². The van der Waals surface area contributed by atoms with Gasteiger partial charge in [-0.25, -0.2) is 4.79 Å². The number of hydrogen-bond donors (Lipinski definition) is 3. The molecule has 0 bridgehead atoms. The number of carbonyl (C=O) groups is 2. The first-order valence-electron chi connectivity index (χ1n) is 6.85. The van der Waals surface area contributed by atoms with Crippen molar-refractivity contribution in [2.75, 3.05) is 13.2 Å². The van der Waals surface area contributed by atoms with Crippen molar-refractivity contribution >= 4 is 11.9 Å². The van der Waals surface area contributed by atoms with Crippen LogP contribution in [-0.2, 0) is 9.59 Å². The SMILES string of the molecule is Cc1cccc(OCCCC(=O)N[C@@H](CCO)C(=O)O)c1. The molecule has 1 aromatic rings. The second-order valence-corrected chi connectivity index (χ2v) is 4.74. The van der Waals surface area contributed by atoms with Gasteiger partial charge in [0.25, 0.3) is 0 Å². The molecule has 0 saturated carbocycles. The van der Waals surface area contributed by atoms with Gasteiger partial charge in [0, 0.05) is 19.4 Å². The summed E-state index contributed by atoms with van der Waals surface area (Å²) in [4.78, 5) is 22.4. The number of carboxylic acid groups (broad SMARTS) is 1. The highest BCUT2D eigenvalue weighted by Crippen LogP contribution is 2.12. The molecule has 0 aromatic heterocycles. The van der Waals surface area contributed by atoms with Crippen molar-refractivity contribution in [1.82, 2.24) is 5.32 Å². The third kappa shape index (κ3) is 6.76. The van der Waals surface area contributed by atoms with Crippen LogP contribution in [0.2, 0.25) is 0 Å². The van der Waals surface area contributed by atoms with Crippen LogP contribution in [0.1, 0.15) is 24.8 Å². The molecule has 1 amide bonds. The number of nitrogens with one attached hydrogen (secondary N) is 1. The number of aliphatic hydroxyl groups excluding tert-OH is 1. The van der Waals surface area contributed by atoms with Gasteiger partial charge in [0.2, 0.25) is 5.91 Å². The van der Waals surface area contributed by atoms with Gasteiger partial charge in [-0.3, -0.25) is 4.79 Å². The van der Waals surface area contributed by atoms with E-state index in [2.05, 4.69) is 5.32 Å². The average Bonchev–Trinajstić information content (AvgIpc) is 2.43. The maximum absolute atomic E-state index is 11.6. The van der Waals surface area contributed by atoms with Crippen LogP contribution in [0.15, 0.2) is 24.3 Å². The molecule has 0 saturated heterocycles. The van der Waals surface area contributed by atoms with E-state index in [-0.39, 0.29) is 25.4 Å². The third-order valence-corrected chi connectivity index (χ3v) is 2.86. The molecule has 0 aliphatic rings.